The molecule has 16 heteroatoms. The molecule has 0 N–H and O–H groups in total. The van der Waals surface area contributed by atoms with Gasteiger partial charge in [0.15, 0.2) is 6.29 Å². The Morgan fingerprint density at radius 1 is 0.926 bits per heavy atom. The zero-order chi connectivity index (χ0) is 21.5. The summed E-state index contributed by atoms with van der Waals surface area (Å²) in [6.45, 7) is -1.16. The van der Waals surface area contributed by atoms with Crippen LogP contribution in [0.5, 0.6) is 0 Å². The van der Waals surface area contributed by atoms with Gasteiger partial charge in [-0.25, -0.2) is 0 Å². The Bertz CT molecular complexity index is 543. The Kier molecular flexibility index (Phi) is 6.29. The van der Waals surface area contributed by atoms with Gasteiger partial charge in [0.25, 0.3) is 5.91 Å². The fourth-order valence-corrected chi connectivity index (χ4v) is 1.69. The number of hydrogen-bond donors (Lipinski definition) is 0. The first-order chi connectivity index (χ1) is 11.9. The van der Waals surface area contributed by atoms with Crippen LogP contribution in [0, 0.1) is 0 Å². The first-order valence-electron chi connectivity index (χ1n) is 6.64. The summed E-state index contributed by atoms with van der Waals surface area (Å²) in [7, 11) is 0.400. The Labute approximate surface area is 142 Å². The number of ether oxygens (including phenoxy) is 3. The van der Waals surface area contributed by atoms with Crippen LogP contribution in [-0.4, -0.2) is 74.1 Å². The Hall–Kier alpha value is -1.42. The van der Waals surface area contributed by atoms with Gasteiger partial charge >= 0.3 is 30.2 Å². The highest BCUT2D eigenvalue weighted by Crippen LogP contribution is 2.51. The van der Waals surface area contributed by atoms with Gasteiger partial charge in [0, 0.05) is 7.05 Å². The highest BCUT2D eigenvalue weighted by molar-refractivity contribution is 5.84. The van der Waals surface area contributed by atoms with Gasteiger partial charge in [-0.15, -0.1) is 0 Å². The van der Waals surface area contributed by atoms with E-state index in [9.17, 15) is 53.1 Å². The third kappa shape index (κ3) is 4.53. The monoisotopic (exact) mass is 429 g/mol. The van der Waals surface area contributed by atoms with E-state index < -0.39 is 49.0 Å². The average molecular weight is 429 g/mol. The predicted molar refractivity (Wildman–Crippen MR) is 60.3 cm³/mol. The van der Waals surface area contributed by atoms with E-state index in [1.165, 1.54) is 0 Å². The van der Waals surface area contributed by atoms with E-state index in [4.69, 9.17) is 9.47 Å². The minimum atomic E-state index is -7.24. The van der Waals surface area contributed by atoms with Crippen LogP contribution in [0.2, 0.25) is 0 Å². The third-order valence-electron chi connectivity index (χ3n) is 3.09. The van der Waals surface area contributed by atoms with Gasteiger partial charge in [0.05, 0.1) is 19.8 Å². The second-order valence-corrected chi connectivity index (χ2v) is 5.14. The van der Waals surface area contributed by atoms with E-state index in [-0.39, 0.29) is 18.1 Å². The van der Waals surface area contributed by atoms with Crippen molar-refractivity contribution in [3.05, 3.63) is 0 Å². The highest BCUT2D eigenvalue weighted by atomic mass is 19.4. The van der Waals surface area contributed by atoms with Crippen LogP contribution < -0.4 is 0 Å². The van der Waals surface area contributed by atoms with E-state index in [1.807, 2.05) is 0 Å². The lowest BCUT2D eigenvalue weighted by Gasteiger charge is -2.36. The Balaban J connectivity index is 3.17. The van der Waals surface area contributed by atoms with Crippen LogP contribution in [0.25, 0.3) is 0 Å². The highest BCUT2D eigenvalue weighted by Gasteiger charge is 2.79. The van der Waals surface area contributed by atoms with E-state index in [2.05, 4.69) is 4.74 Å². The minimum Gasteiger partial charge on any atom is -0.348 e. The molecule has 0 aliphatic carbocycles. The molecule has 1 amide bonds. The second-order valence-electron chi connectivity index (χ2n) is 5.14. The molecule has 0 bridgehead atoms. The lowest BCUT2D eigenvalue weighted by molar-refractivity contribution is -0.473. The number of hydrogen-bond acceptors (Lipinski definition) is 4. The second kappa shape index (κ2) is 7.20. The van der Waals surface area contributed by atoms with Crippen molar-refractivity contribution in [1.82, 2.24) is 4.90 Å². The molecule has 0 aromatic heterocycles. The van der Waals surface area contributed by atoms with E-state index >= 15 is 0 Å². The van der Waals surface area contributed by atoms with Gasteiger partial charge in [-0.05, 0) is 0 Å². The topological polar surface area (TPSA) is 48.0 Å². The Morgan fingerprint density at radius 3 is 1.74 bits per heavy atom. The molecule has 160 valence electrons. The zero-order valence-electron chi connectivity index (χ0n) is 12.9. The lowest BCUT2D eigenvalue weighted by atomic mass is 10.2. The quantitative estimate of drug-likeness (QED) is 0.610. The summed E-state index contributed by atoms with van der Waals surface area (Å²) < 4.78 is 152. The molecule has 1 aliphatic rings. The summed E-state index contributed by atoms with van der Waals surface area (Å²) >= 11 is 0. The van der Waals surface area contributed by atoms with Gasteiger partial charge in [-0.3, -0.25) is 9.53 Å². The lowest BCUT2D eigenvalue weighted by Crippen LogP contribution is -2.64. The molecule has 1 fully saturated rings. The van der Waals surface area contributed by atoms with Crippen molar-refractivity contribution in [3.63, 3.8) is 0 Å². The van der Waals surface area contributed by atoms with Crippen LogP contribution in [0.15, 0.2) is 0 Å². The number of halogens is 11. The molecule has 5 nitrogen and oxygen atoms in total. The van der Waals surface area contributed by atoms with Crippen LogP contribution in [0.3, 0.4) is 0 Å². The fraction of sp³-hybridized carbons (Fsp3) is 0.909. The molecule has 27 heavy (non-hydrogen) atoms. The molecule has 1 aliphatic heterocycles. The summed E-state index contributed by atoms with van der Waals surface area (Å²) in [5.74, 6) is -16.5. The van der Waals surface area contributed by atoms with Crippen LogP contribution in [0.4, 0.5) is 48.3 Å². The van der Waals surface area contributed by atoms with Crippen molar-refractivity contribution in [2.75, 3.05) is 26.8 Å². The Morgan fingerprint density at radius 2 is 1.37 bits per heavy atom. The van der Waals surface area contributed by atoms with Crippen molar-refractivity contribution in [1.29, 1.82) is 0 Å². The summed E-state index contributed by atoms with van der Waals surface area (Å²) in [4.78, 5) is 11.3. The van der Waals surface area contributed by atoms with Crippen molar-refractivity contribution in [2.45, 2.75) is 36.5 Å². The first-order valence-corrected chi connectivity index (χ1v) is 6.64. The maximum absolute atomic E-state index is 14.0. The number of alkyl halides is 11. The molecule has 0 spiro atoms. The number of nitrogens with zero attached hydrogens (tertiary/aromatic N) is 1. The van der Waals surface area contributed by atoms with Crippen molar-refractivity contribution >= 4 is 5.91 Å². The van der Waals surface area contributed by atoms with Gasteiger partial charge < -0.3 is 14.4 Å². The van der Waals surface area contributed by atoms with Gasteiger partial charge in [-0.1, -0.05) is 0 Å². The average Bonchev–Trinajstić information content (AvgIpc) is 2.96. The molecule has 0 saturated carbocycles. The van der Waals surface area contributed by atoms with Crippen LogP contribution in [0.1, 0.15) is 0 Å². The minimum absolute atomic E-state index is 0.0842. The number of carbonyl (C=O) groups is 1. The molecule has 0 aromatic carbocycles. The van der Waals surface area contributed by atoms with Gasteiger partial charge in [0.1, 0.15) is 0 Å². The van der Waals surface area contributed by atoms with E-state index in [0.29, 0.717) is 7.05 Å². The van der Waals surface area contributed by atoms with Crippen molar-refractivity contribution in [3.8, 4) is 0 Å². The summed E-state index contributed by atoms with van der Waals surface area (Å²) in [6, 6.07) is 0. The molecule has 0 radical (unpaired) electrons. The molecule has 1 heterocycles. The van der Waals surface area contributed by atoms with Crippen molar-refractivity contribution in [2.24, 2.45) is 0 Å². The maximum Gasteiger partial charge on any atom is 0.462 e. The van der Waals surface area contributed by atoms with Crippen LogP contribution >= 0.6 is 0 Å². The summed E-state index contributed by atoms with van der Waals surface area (Å²) in [5.41, 5.74) is 0. The SMILES string of the molecule is CN(CC1OCCO1)C(=O)[C@](F)(OC(F)(F)C(F)(F)C(F)(F)F)C(F)(F)F. The van der Waals surface area contributed by atoms with E-state index in [0.717, 1.165) is 0 Å². The fourth-order valence-electron chi connectivity index (χ4n) is 1.69. The van der Waals surface area contributed by atoms with Crippen molar-refractivity contribution < 1.29 is 67.3 Å². The molecular weight excluding hydrogens is 419 g/mol. The maximum atomic E-state index is 14.0. The molecule has 1 atom stereocenters. The predicted octanol–water partition coefficient (Wildman–Crippen LogP) is 2.85. The number of carbonyl (C=O) groups excluding carboxylic acids is 1. The number of likely N-dealkylation sites (N-methyl/N-ethyl adjacent to an activating group) is 1. The molecule has 1 rings (SSSR count). The summed E-state index contributed by atoms with van der Waals surface area (Å²) in [5, 5.41) is 0. The first kappa shape index (κ1) is 23.6. The largest absolute Gasteiger partial charge is 0.462 e. The van der Waals surface area contributed by atoms with Crippen LogP contribution in [-0.2, 0) is 19.0 Å². The van der Waals surface area contributed by atoms with E-state index in [1.54, 1.807) is 0 Å². The van der Waals surface area contributed by atoms with Gasteiger partial charge in [-0.2, -0.15) is 48.3 Å². The summed E-state index contributed by atoms with van der Waals surface area (Å²) in [6.07, 6.45) is -22.3. The number of rotatable bonds is 6. The molecule has 1 saturated heterocycles. The third-order valence-corrected chi connectivity index (χ3v) is 3.09. The molecule has 0 unspecified atom stereocenters. The smallest absolute Gasteiger partial charge is 0.348 e. The standard InChI is InChI=1S/C11H10F11NO4/c1-23(4-5-25-2-3-26-5)6(24)7(12,9(15,16)17)27-11(21,22)8(13,14)10(18,19)20/h5H,2-4H2,1H3/t7-/m0/s1. The molecule has 0 aromatic rings. The zero-order valence-corrected chi connectivity index (χ0v) is 12.9. The number of amides is 1. The normalized spacial score (nSPS) is 19.9. The molecular formula is C11H10F11NO4. The van der Waals surface area contributed by atoms with Gasteiger partial charge in [0.2, 0.25) is 0 Å².